The zero-order valence-corrected chi connectivity index (χ0v) is 11.8. The molecule has 0 unspecified atom stereocenters. The number of benzene rings is 1. The molecule has 1 saturated heterocycles. The van der Waals surface area contributed by atoms with Crippen LogP contribution in [-0.2, 0) is 4.79 Å². The van der Waals surface area contributed by atoms with Crippen LogP contribution in [0.1, 0.15) is 12.8 Å². The van der Waals surface area contributed by atoms with Crippen molar-refractivity contribution in [3.63, 3.8) is 0 Å². The van der Waals surface area contributed by atoms with Gasteiger partial charge in [0, 0.05) is 13.1 Å². The van der Waals surface area contributed by atoms with Crippen LogP contribution < -0.4 is 9.64 Å². The topological polar surface area (TPSA) is 75.6 Å². The molecule has 21 heavy (non-hydrogen) atoms. The number of para-hydroxylation sites is 2. The monoisotopic (exact) mass is 287 g/mol. The highest BCUT2D eigenvalue weighted by atomic mass is 16.5. The second-order valence-corrected chi connectivity index (χ2v) is 5.17. The Bertz CT molecular complexity index is 674. The third-order valence-corrected chi connectivity index (χ3v) is 3.78. The Hall–Kier alpha value is -2.37. The fourth-order valence-corrected chi connectivity index (χ4v) is 2.69. The van der Waals surface area contributed by atoms with Gasteiger partial charge in [0.05, 0.1) is 24.1 Å². The van der Waals surface area contributed by atoms with Gasteiger partial charge in [-0.1, -0.05) is 12.1 Å². The zero-order chi connectivity index (χ0) is 14.8. The number of nitrogens with zero attached hydrogens (tertiary/aromatic N) is 3. The molecule has 6 heteroatoms. The average Bonchev–Trinajstić information content (AvgIpc) is 2.53. The molecule has 1 aliphatic rings. The van der Waals surface area contributed by atoms with Gasteiger partial charge in [0.2, 0.25) is 0 Å². The summed E-state index contributed by atoms with van der Waals surface area (Å²) in [6, 6.07) is 7.58. The maximum atomic E-state index is 11.2. The first-order valence-corrected chi connectivity index (χ1v) is 6.97. The van der Waals surface area contributed by atoms with Gasteiger partial charge in [0.15, 0.2) is 5.82 Å². The van der Waals surface area contributed by atoms with Crippen molar-refractivity contribution in [3.8, 4) is 5.88 Å². The maximum Gasteiger partial charge on any atom is 0.308 e. The minimum atomic E-state index is -0.757. The van der Waals surface area contributed by atoms with Crippen molar-refractivity contribution < 1.29 is 14.6 Å². The lowest BCUT2D eigenvalue weighted by atomic mass is 9.98. The van der Waals surface area contributed by atoms with Crippen LogP contribution >= 0.6 is 0 Å². The quantitative estimate of drug-likeness (QED) is 0.929. The molecule has 1 aromatic heterocycles. The predicted molar refractivity (Wildman–Crippen MR) is 78.7 cm³/mol. The Labute approximate surface area is 122 Å². The predicted octanol–water partition coefficient (Wildman–Crippen LogP) is 1.94. The minimum absolute atomic E-state index is 0.364. The summed E-state index contributed by atoms with van der Waals surface area (Å²) in [7, 11) is 1.56. The smallest absolute Gasteiger partial charge is 0.308 e. The molecule has 1 aliphatic heterocycles. The van der Waals surface area contributed by atoms with E-state index in [1.165, 1.54) is 0 Å². The molecule has 0 aliphatic carbocycles. The second-order valence-electron chi connectivity index (χ2n) is 5.17. The Morgan fingerprint density at radius 3 is 2.71 bits per heavy atom. The van der Waals surface area contributed by atoms with Crippen LogP contribution in [0.5, 0.6) is 5.88 Å². The van der Waals surface area contributed by atoms with Gasteiger partial charge in [-0.3, -0.25) is 4.79 Å². The van der Waals surface area contributed by atoms with Crippen molar-refractivity contribution in [3.05, 3.63) is 24.3 Å². The van der Waals surface area contributed by atoms with Crippen LogP contribution in [0.4, 0.5) is 5.82 Å². The zero-order valence-electron chi connectivity index (χ0n) is 11.8. The molecular weight excluding hydrogens is 270 g/mol. The lowest BCUT2D eigenvalue weighted by molar-refractivity contribution is -0.141. The van der Waals surface area contributed by atoms with E-state index in [1.54, 1.807) is 7.11 Å². The number of ether oxygens (including phenoxy) is 1. The molecule has 1 fully saturated rings. The van der Waals surface area contributed by atoms with Gasteiger partial charge in [-0.15, -0.1) is 0 Å². The van der Waals surface area contributed by atoms with Gasteiger partial charge >= 0.3 is 5.97 Å². The molecule has 3 rings (SSSR count). The number of rotatable bonds is 3. The summed E-state index contributed by atoms with van der Waals surface area (Å²) >= 11 is 0. The standard InChI is InChI=1S/C15H17N3O3/c1-21-14-13(16-11-6-2-3-7-12(11)17-14)18-8-4-5-10(9-18)15(19)20/h2-3,6-7,10H,4-5,8-9H2,1H3,(H,19,20)/t10-/m1/s1. The number of aliphatic carboxylic acids is 1. The molecule has 1 atom stereocenters. The van der Waals surface area contributed by atoms with E-state index >= 15 is 0 Å². The van der Waals surface area contributed by atoms with Crippen molar-refractivity contribution in [2.24, 2.45) is 5.92 Å². The molecule has 2 heterocycles. The van der Waals surface area contributed by atoms with Crippen LogP contribution in [0, 0.1) is 5.92 Å². The molecule has 0 radical (unpaired) electrons. The van der Waals surface area contributed by atoms with Gasteiger partial charge in [-0.05, 0) is 25.0 Å². The molecule has 1 aromatic carbocycles. The number of carboxylic acid groups (broad SMARTS) is 1. The number of carbonyl (C=O) groups is 1. The number of fused-ring (bicyclic) bond motifs is 1. The third kappa shape index (κ3) is 2.61. The number of hydrogen-bond acceptors (Lipinski definition) is 5. The van der Waals surface area contributed by atoms with Crippen molar-refractivity contribution in [2.45, 2.75) is 12.8 Å². The highest BCUT2D eigenvalue weighted by Gasteiger charge is 2.28. The van der Waals surface area contributed by atoms with Crippen LogP contribution in [0.25, 0.3) is 11.0 Å². The van der Waals surface area contributed by atoms with E-state index in [-0.39, 0.29) is 5.92 Å². The number of aromatic nitrogens is 2. The normalized spacial score (nSPS) is 18.7. The molecule has 110 valence electrons. The maximum absolute atomic E-state index is 11.2. The summed E-state index contributed by atoms with van der Waals surface area (Å²) in [5.74, 6) is -0.0500. The lowest BCUT2D eigenvalue weighted by Gasteiger charge is -2.32. The Morgan fingerprint density at radius 1 is 1.33 bits per heavy atom. The Morgan fingerprint density at radius 2 is 2.05 bits per heavy atom. The van der Waals surface area contributed by atoms with Crippen LogP contribution in [0.15, 0.2) is 24.3 Å². The molecule has 0 spiro atoms. The average molecular weight is 287 g/mol. The molecule has 6 nitrogen and oxygen atoms in total. The van der Waals surface area contributed by atoms with E-state index in [4.69, 9.17) is 4.74 Å². The van der Waals surface area contributed by atoms with E-state index in [1.807, 2.05) is 29.2 Å². The fourth-order valence-electron chi connectivity index (χ4n) is 2.69. The van der Waals surface area contributed by atoms with E-state index in [2.05, 4.69) is 9.97 Å². The first-order valence-electron chi connectivity index (χ1n) is 6.97. The van der Waals surface area contributed by atoms with Crippen molar-refractivity contribution in [1.29, 1.82) is 0 Å². The molecule has 1 N–H and O–H groups in total. The van der Waals surface area contributed by atoms with Crippen molar-refractivity contribution in [1.82, 2.24) is 9.97 Å². The summed E-state index contributed by atoms with van der Waals surface area (Å²) in [6.45, 7) is 1.21. The summed E-state index contributed by atoms with van der Waals surface area (Å²) in [6.07, 6.45) is 1.53. The second kappa shape index (κ2) is 5.55. The molecule has 0 amide bonds. The lowest BCUT2D eigenvalue weighted by Crippen LogP contribution is -2.39. The third-order valence-electron chi connectivity index (χ3n) is 3.78. The summed E-state index contributed by atoms with van der Waals surface area (Å²) in [5, 5.41) is 9.21. The number of anilines is 1. The molecule has 0 saturated carbocycles. The van der Waals surface area contributed by atoms with E-state index < -0.39 is 5.97 Å². The van der Waals surface area contributed by atoms with Crippen LogP contribution in [0.3, 0.4) is 0 Å². The van der Waals surface area contributed by atoms with Crippen molar-refractivity contribution >= 4 is 22.8 Å². The number of carboxylic acids is 1. The van der Waals surface area contributed by atoms with E-state index in [9.17, 15) is 9.90 Å². The van der Waals surface area contributed by atoms with E-state index in [0.29, 0.717) is 24.7 Å². The van der Waals surface area contributed by atoms with Gasteiger partial charge in [-0.25, -0.2) is 9.97 Å². The highest BCUT2D eigenvalue weighted by Crippen LogP contribution is 2.30. The first kappa shape index (κ1) is 13.6. The highest BCUT2D eigenvalue weighted by molar-refractivity contribution is 5.78. The Kier molecular flexibility index (Phi) is 3.60. The minimum Gasteiger partial charge on any atom is -0.481 e. The summed E-state index contributed by atoms with van der Waals surface area (Å²) in [4.78, 5) is 22.2. The van der Waals surface area contributed by atoms with Crippen LogP contribution in [0.2, 0.25) is 0 Å². The largest absolute Gasteiger partial charge is 0.481 e. The fraction of sp³-hybridized carbons (Fsp3) is 0.400. The number of hydrogen-bond donors (Lipinski definition) is 1. The van der Waals surface area contributed by atoms with Gasteiger partial charge in [0.1, 0.15) is 0 Å². The van der Waals surface area contributed by atoms with Gasteiger partial charge in [0.25, 0.3) is 5.88 Å². The van der Waals surface area contributed by atoms with Gasteiger partial charge in [-0.2, -0.15) is 0 Å². The summed E-state index contributed by atoms with van der Waals surface area (Å²) < 4.78 is 5.34. The SMILES string of the molecule is COc1nc2ccccc2nc1N1CCC[C@@H](C(=O)O)C1. The first-order chi connectivity index (χ1) is 10.2. The van der Waals surface area contributed by atoms with Crippen LogP contribution in [-0.4, -0.2) is 41.2 Å². The number of piperidine rings is 1. The molecular formula is C15H17N3O3. The summed E-state index contributed by atoms with van der Waals surface area (Å²) in [5.41, 5.74) is 1.55. The molecule has 2 aromatic rings. The molecule has 0 bridgehead atoms. The number of methoxy groups -OCH3 is 1. The Balaban J connectivity index is 2.00. The van der Waals surface area contributed by atoms with Crippen molar-refractivity contribution in [2.75, 3.05) is 25.1 Å². The van der Waals surface area contributed by atoms with Gasteiger partial charge < -0.3 is 14.7 Å². The van der Waals surface area contributed by atoms with E-state index in [0.717, 1.165) is 24.0 Å².